The Labute approximate surface area is 143 Å². The van der Waals surface area contributed by atoms with Crippen molar-refractivity contribution in [3.63, 3.8) is 0 Å². The first-order valence-corrected chi connectivity index (χ1v) is 7.80. The molecule has 1 heterocycles. The largest absolute Gasteiger partial charge is 0.480 e. The number of hydrogen-bond acceptors (Lipinski definition) is 4. The summed E-state index contributed by atoms with van der Waals surface area (Å²) >= 11 is 0. The van der Waals surface area contributed by atoms with E-state index in [4.69, 9.17) is 10.8 Å². The van der Waals surface area contributed by atoms with Crippen LogP contribution < -0.4 is 11.1 Å². The summed E-state index contributed by atoms with van der Waals surface area (Å²) in [6, 6.07) is -1.39. The van der Waals surface area contributed by atoms with Gasteiger partial charge in [-0.2, -0.15) is 0 Å². The van der Waals surface area contributed by atoms with Crippen LogP contribution in [0.1, 0.15) is 40.0 Å². The first-order chi connectivity index (χ1) is 10.2. The van der Waals surface area contributed by atoms with Crippen molar-refractivity contribution in [3.8, 4) is 0 Å². The Morgan fingerprint density at radius 3 is 2.17 bits per heavy atom. The Morgan fingerprint density at radius 2 is 1.74 bits per heavy atom. The van der Waals surface area contributed by atoms with Crippen LogP contribution in [0.3, 0.4) is 0 Å². The number of carboxylic acids is 1. The van der Waals surface area contributed by atoms with Gasteiger partial charge in [0, 0.05) is 19.0 Å². The fourth-order valence-electron chi connectivity index (χ4n) is 2.60. The number of piperidine rings is 1. The first kappa shape index (κ1) is 21.7. The number of likely N-dealkylation sites (tertiary alicyclic amines) is 1. The lowest BCUT2D eigenvalue weighted by Crippen LogP contribution is -2.50. The molecule has 1 aliphatic rings. The molecule has 0 unspecified atom stereocenters. The number of nitrogens with two attached hydrogens (primary N) is 1. The second-order valence-corrected chi connectivity index (χ2v) is 6.40. The molecule has 0 spiro atoms. The van der Waals surface area contributed by atoms with Crippen LogP contribution in [0.25, 0.3) is 0 Å². The van der Waals surface area contributed by atoms with Crippen LogP contribution in [-0.4, -0.2) is 53.0 Å². The number of hydrogen-bond donors (Lipinski definition) is 3. The predicted molar refractivity (Wildman–Crippen MR) is 89.2 cm³/mol. The summed E-state index contributed by atoms with van der Waals surface area (Å²) in [6.45, 7) is 6.46. The Bertz CT molecular complexity index is 423. The van der Waals surface area contributed by atoms with Gasteiger partial charge in [0.15, 0.2) is 0 Å². The molecule has 0 aliphatic carbocycles. The highest BCUT2D eigenvalue weighted by Gasteiger charge is 2.30. The molecule has 0 saturated carbocycles. The molecule has 0 aromatic rings. The molecule has 2 amide bonds. The topological polar surface area (TPSA) is 113 Å². The maximum Gasteiger partial charge on any atom is 0.325 e. The van der Waals surface area contributed by atoms with E-state index in [9.17, 15) is 14.4 Å². The number of carbonyl (C=O) groups excluding carboxylic acids is 2. The highest BCUT2D eigenvalue weighted by Crippen LogP contribution is 2.19. The molecule has 23 heavy (non-hydrogen) atoms. The smallest absolute Gasteiger partial charge is 0.325 e. The van der Waals surface area contributed by atoms with E-state index in [0.717, 1.165) is 0 Å². The molecule has 134 valence electrons. The average molecular weight is 350 g/mol. The van der Waals surface area contributed by atoms with E-state index in [2.05, 4.69) is 5.32 Å². The van der Waals surface area contributed by atoms with Crippen molar-refractivity contribution in [1.82, 2.24) is 10.2 Å². The summed E-state index contributed by atoms with van der Waals surface area (Å²) in [6.07, 6.45) is 1.73. The van der Waals surface area contributed by atoms with Crippen molar-refractivity contribution in [1.29, 1.82) is 0 Å². The van der Waals surface area contributed by atoms with Gasteiger partial charge in [-0.3, -0.25) is 14.4 Å². The second kappa shape index (κ2) is 9.72. The molecule has 0 aromatic carbocycles. The van der Waals surface area contributed by atoms with Crippen LogP contribution in [0.4, 0.5) is 0 Å². The van der Waals surface area contributed by atoms with Crippen molar-refractivity contribution < 1.29 is 19.5 Å². The third-order valence-electron chi connectivity index (χ3n) is 3.95. The summed E-state index contributed by atoms with van der Waals surface area (Å²) in [5.74, 6) is -1.26. The van der Waals surface area contributed by atoms with Crippen LogP contribution in [0, 0.1) is 11.8 Å². The zero-order valence-corrected chi connectivity index (χ0v) is 14.8. The maximum absolute atomic E-state index is 12.2. The van der Waals surface area contributed by atoms with Gasteiger partial charge in [-0.15, -0.1) is 12.4 Å². The summed E-state index contributed by atoms with van der Waals surface area (Å²) in [5, 5.41) is 11.3. The van der Waals surface area contributed by atoms with Crippen LogP contribution in [-0.2, 0) is 14.4 Å². The minimum atomic E-state index is -1.05. The molecule has 2 atom stereocenters. The van der Waals surface area contributed by atoms with Crippen LogP contribution in [0.5, 0.6) is 0 Å². The predicted octanol–water partition coefficient (Wildman–Crippen LogP) is 0.610. The van der Waals surface area contributed by atoms with Crippen LogP contribution in [0.15, 0.2) is 0 Å². The van der Waals surface area contributed by atoms with Gasteiger partial charge in [0.2, 0.25) is 11.8 Å². The van der Waals surface area contributed by atoms with Crippen molar-refractivity contribution in [2.24, 2.45) is 17.6 Å². The molecule has 0 bridgehead atoms. The number of nitrogens with zero attached hydrogens (tertiary/aromatic N) is 1. The van der Waals surface area contributed by atoms with Crippen molar-refractivity contribution in [3.05, 3.63) is 0 Å². The minimum absolute atomic E-state index is 0. The Morgan fingerprint density at radius 1 is 1.22 bits per heavy atom. The van der Waals surface area contributed by atoms with Gasteiger partial charge in [0.1, 0.15) is 6.04 Å². The van der Waals surface area contributed by atoms with Crippen LogP contribution in [0.2, 0.25) is 0 Å². The molecule has 1 saturated heterocycles. The van der Waals surface area contributed by atoms with Crippen molar-refractivity contribution in [2.75, 3.05) is 13.1 Å². The number of carbonyl (C=O) groups is 3. The number of nitrogens with one attached hydrogen (secondary N) is 1. The molecule has 4 N–H and O–H groups in total. The zero-order chi connectivity index (χ0) is 16.9. The Kier molecular flexibility index (Phi) is 9.16. The monoisotopic (exact) mass is 349 g/mol. The quantitative estimate of drug-likeness (QED) is 0.650. The summed E-state index contributed by atoms with van der Waals surface area (Å²) in [7, 11) is 0. The molecule has 0 radical (unpaired) electrons. The normalized spacial score (nSPS) is 18.0. The molecular weight excluding hydrogens is 322 g/mol. The number of aliphatic carboxylic acids is 1. The van der Waals surface area contributed by atoms with Gasteiger partial charge in [0.25, 0.3) is 0 Å². The molecule has 7 nitrogen and oxygen atoms in total. The Balaban J connectivity index is 0.00000484. The second-order valence-electron chi connectivity index (χ2n) is 6.40. The van der Waals surface area contributed by atoms with Gasteiger partial charge in [-0.1, -0.05) is 13.8 Å². The van der Waals surface area contributed by atoms with Crippen LogP contribution >= 0.6 is 12.4 Å². The van der Waals surface area contributed by atoms with E-state index in [1.165, 1.54) is 6.92 Å². The van der Waals surface area contributed by atoms with E-state index < -0.39 is 18.1 Å². The van der Waals surface area contributed by atoms with E-state index >= 15 is 0 Å². The van der Waals surface area contributed by atoms with Gasteiger partial charge in [0.05, 0.1) is 6.04 Å². The number of rotatable bonds is 6. The highest BCUT2D eigenvalue weighted by molar-refractivity contribution is 5.86. The summed E-state index contributed by atoms with van der Waals surface area (Å²) < 4.78 is 0. The minimum Gasteiger partial charge on any atom is -0.480 e. The third-order valence-corrected chi connectivity index (χ3v) is 3.95. The molecule has 8 heteroatoms. The summed E-state index contributed by atoms with van der Waals surface area (Å²) in [4.78, 5) is 36.6. The SMILES string of the molecule is CC(C)C[C@H](N)C(=O)N1CCC(C(=O)N[C@@H](C)C(=O)O)CC1.Cl. The lowest BCUT2D eigenvalue weighted by Gasteiger charge is -2.33. The molecule has 1 aliphatic heterocycles. The fourth-order valence-corrected chi connectivity index (χ4v) is 2.60. The maximum atomic E-state index is 12.2. The molecule has 1 fully saturated rings. The van der Waals surface area contributed by atoms with Gasteiger partial charge in [-0.25, -0.2) is 0 Å². The molecule has 1 rings (SSSR count). The van der Waals surface area contributed by atoms with Gasteiger partial charge < -0.3 is 21.1 Å². The molecular formula is C15H28ClN3O4. The Hall–Kier alpha value is -1.34. The lowest BCUT2D eigenvalue weighted by molar-refractivity contribution is -0.142. The summed E-state index contributed by atoms with van der Waals surface area (Å²) in [5.41, 5.74) is 5.91. The lowest BCUT2D eigenvalue weighted by atomic mass is 9.94. The van der Waals surface area contributed by atoms with Gasteiger partial charge >= 0.3 is 5.97 Å². The van der Waals surface area contributed by atoms with Crippen molar-refractivity contribution in [2.45, 2.75) is 52.1 Å². The molecule has 0 aromatic heterocycles. The highest BCUT2D eigenvalue weighted by atomic mass is 35.5. The fraction of sp³-hybridized carbons (Fsp3) is 0.800. The first-order valence-electron chi connectivity index (χ1n) is 7.80. The van der Waals surface area contributed by atoms with Crippen molar-refractivity contribution >= 4 is 30.2 Å². The standard InChI is InChI=1S/C15H27N3O4.ClH/c1-9(2)8-12(16)14(20)18-6-4-11(5-7-18)13(19)17-10(3)15(21)22;/h9-12H,4-8,16H2,1-3H3,(H,17,19)(H,21,22);1H/t10-,12-;/m0./s1. The van der Waals surface area contributed by atoms with Gasteiger partial charge in [-0.05, 0) is 32.1 Å². The average Bonchev–Trinajstić information content (AvgIpc) is 2.45. The zero-order valence-electron chi connectivity index (χ0n) is 13.9. The van der Waals surface area contributed by atoms with E-state index in [1.54, 1.807) is 4.90 Å². The van der Waals surface area contributed by atoms with E-state index in [0.29, 0.717) is 38.3 Å². The van der Waals surface area contributed by atoms with E-state index in [-0.39, 0.29) is 30.1 Å². The number of halogens is 1. The number of carboxylic acid groups (broad SMARTS) is 1. The van der Waals surface area contributed by atoms with E-state index in [1.807, 2.05) is 13.8 Å². The third kappa shape index (κ3) is 6.74. The number of amides is 2.